The molecule has 2 aliphatic rings. The smallest absolute Gasteiger partial charge is 0.321 e. The van der Waals surface area contributed by atoms with Crippen molar-refractivity contribution in [1.29, 1.82) is 0 Å². The third kappa shape index (κ3) is 5.18. The van der Waals surface area contributed by atoms with E-state index in [0.717, 1.165) is 22.4 Å². The van der Waals surface area contributed by atoms with Gasteiger partial charge in [-0.2, -0.15) is 0 Å². The van der Waals surface area contributed by atoms with Crippen molar-refractivity contribution in [2.45, 2.75) is 0 Å². The molecular weight excluding hydrogens is 635 g/mol. The van der Waals surface area contributed by atoms with Crippen LogP contribution in [0.1, 0.15) is 5.82 Å². The number of nitrogens with zero attached hydrogens (tertiary/aromatic N) is 6. The molecule has 2 aliphatic heterocycles. The Bertz CT molecular complexity index is 2650. The van der Waals surface area contributed by atoms with Gasteiger partial charge >= 0.3 is 6.85 Å². The molecule has 0 saturated carbocycles. The molecule has 7 heteroatoms. The molecule has 0 bridgehead atoms. The van der Waals surface area contributed by atoms with Crippen molar-refractivity contribution < 1.29 is 0 Å². The van der Waals surface area contributed by atoms with E-state index in [-0.39, 0.29) is 6.85 Å². The van der Waals surface area contributed by atoms with Crippen LogP contribution < -0.4 is 10.3 Å². The van der Waals surface area contributed by atoms with Gasteiger partial charge in [0.05, 0.1) is 0 Å². The summed E-state index contributed by atoms with van der Waals surface area (Å²) >= 11 is 0. The highest BCUT2D eigenvalue weighted by molar-refractivity contribution is 6.84. The monoisotopic (exact) mass is 664 g/mol. The van der Waals surface area contributed by atoms with Gasteiger partial charge in [-0.1, -0.05) is 97.0 Å². The summed E-state index contributed by atoms with van der Waals surface area (Å²) in [4.78, 5) is 25.6. The Kier molecular flexibility index (Phi) is 7.13. The maximum absolute atomic E-state index is 4.99. The summed E-state index contributed by atoms with van der Waals surface area (Å²) in [5.41, 5.74) is 12.3. The third-order valence-electron chi connectivity index (χ3n) is 9.95. The van der Waals surface area contributed by atoms with Crippen LogP contribution in [0.25, 0.3) is 72.5 Å². The number of hydrogen-bond donors (Lipinski definition) is 0. The van der Waals surface area contributed by atoms with E-state index in [1.807, 2.05) is 24.3 Å². The molecule has 0 radical (unpaired) electrons. The molecule has 0 aliphatic carbocycles. The number of anilines is 1. The molecule has 5 heterocycles. The SMILES string of the molecule is C1=CN2B(C=C1c1nc(-c3ccncc3)nc(-c3ccncc3)n1)c1ccccc1-c1c(-c3cccc(-c4ccc5ccccc5c4)c3)cccc12. The van der Waals surface area contributed by atoms with Crippen LogP contribution in [-0.2, 0) is 0 Å². The summed E-state index contributed by atoms with van der Waals surface area (Å²) in [6.07, 6.45) is 11.3. The molecule has 0 unspecified atom stereocenters. The Labute approximate surface area is 301 Å². The van der Waals surface area contributed by atoms with Crippen LogP contribution in [-0.4, -0.2) is 31.8 Å². The summed E-state index contributed by atoms with van der Waals surface area (Å²) in [6.45, 7) is -0.0478. The van der Waals surface area contributed by atoms with E-state index in [0.29, 0.717) is 17.5 Å². The highest BCUT2D eigenvalue weighted by Crippen LogP contribution is 2.44. The lowest BCUT2D eigenvalue weighted by Gasteiger charge is -2.38. The Morgan fingerprint density at radius 1 is 0.462 bits per heavy atom. The molecule has 52 heavy (non-hydrogen) atoms. The van der Waals surface area contributed by atoms with E-state index in [1.165, 1.54) is 49.6 Å². The van der Waals surface area contributed by atoms with Crippen molar-refractivity contribution in [2.24, 2.45) is 0 Å². The average Bonchev–Trinajstić information content (AvgIpc) is 3.23. The highest BCUT2D eigenvalue weighted by atomic mass is 15.1. The van der Waals surface area contributed by atoms with E-state index in [9.17, 15) is 0 Å². The Hall–Kier alpha value is -6.99. The van der Waals surface area contributed by atoms with E-state index in [2.05, 4.69) is 142 Å². The fourth-order valence-corrected chi connectivity index (χ4v) is 7.44. The molecule has 3 aromatic heterocycles. The number of allylic oxidation sites excluding steroid dienone is 2. The number of pyridine rings is 2. The van der Waals surface area contributed by atoms with Crippen LogP contribution in [0.3, 0.4) is 0 Å². The molecule has 6 nitrogen and oxygen atoms in total. The number of hydrogen-bond acceptors (Lipinski definition) is 6. The normalized spacial score (nSPS) is 13.0. The van der Waals surface area contributed by atoms with E-state index in [4.69, 9.17) is 15.0 Å². The quantitative estimate of drug-likeness (QED) is 0.171. The first kappa shape index (κ1) is 29.9. The van der Waals surface area contributed by atoms with E-state index >= 15 is 0 Å². The van der Waals surface area contributed by atoms with Crippen molar-refractivity contribution in [1.82, 2.24) is 24.9 Å². The lowest BCUT2D eigenvalue weighted by atomic mass is 9.48. The number of aromatic nitrogens is 5. The van der Waals surface area contributed by atoms with Crippen LogP contribution in [0.15, 0.2) is 176 Å². The van der Waals surface area contributed by atoms with Gasteiger partial charge in [-0.15, -0.1) is 0 Å². The molecule has 8 aromatic rings. The first-order chi connectivity index (χ1) is 25.8. The van der Waals surface area contributed by atoms with Gasteiger partial charge in [-0.25, -0.2) is 15.0 Å². The zero-order valence-electron chi connectivity index (χ0n) is 28.0. The van der Waals surface area contributed by atoms with Crippen LogP contribution in [0, 0.1) is 0 Å². The molecule has 0 atom stereocenters. The topological polar surface area (TPSA) is 67.7 Å². The van der Waals surface area contributed by atoms with E-state index in [1.54, 1.807) is 24.8 Å². The minimum absolute atomic E-state index is 0.0478. The standard InChI is InChI=1S/C45H29BN6/c1-2-8-33-27-35(16-15-30(33)7-1)34-9-5-10-36(28-34)38-12-6-14-41-42(38)39-11-3-4-13-40(39)46-29-37(21-26-52(41)46)45-50-43(31-17-22-47-23-18-31)49-44(51-45)32-19-24-48-25-20-32/h1-29H. The number of fused-ring (bicyclic) bond motifs is 7. The minimum atomic E-state index is -0.0478. The predicted molar refractivity (Wildman–Crippen MR) is 212 cm³/mol. The van der Waals surface area contributed by atoms with Gasteiger partial charge in [0.15, 0.2) is 17.5 Å². The Morgan fingerprint density at radius 3 is 1.88 bits per heavy atom. The van der Waals surface area contributed by atoms with Crippen molar-refractivity contribution in [2.75, 3.05) is 4.81 Å². The second-order valence-electron chi connectivity index (χ2n) is 13.0. The van der Waals surface area contributed by atoms with Crippen LogP contribution in [0.5, 0.6) is 0 Å². The maximum atomic E-state index is 4.99. The Morgan fingerprint density at radius 2 is 1.10 bits per heavy atom. The second kappa shape index (κ2) is 12.4. The summed E-state index contributed by atoms with van der Waals surface area (Å²) in [6, 6.07) is 47.2. The largest absolute Gasteiger partial charge is 0.383 e. The molecular formula is C45H29BN6. The van der Waals surface area contributed by atoms with E-state index < -0.39 is 0 Å². The lowest BCUT2D eigenvalue weighted by molar-refractivity contribution is 1.03. The zero-order chi connectivity index (χ0) is 34.4. The lowest BCUT2D eigenvalue weighted by Crippen LogP contribution is -2.49. The first-order valence-electron chi connectivity index (χ1n) is 17.3. The summed E-state index contributed by atoms with van der Waals surface area (Å²) < 4.78 is 0. The van der Waals surface area contributed by atoms with Gasteiger partial charge in [-0.05, 0) is 98.8 Å². The molecule has 10 rings (SSSR count). The molecule has 0 saturated heterocycles. The van der Waals surface area contributed by atoms with Crippen molar-refractivity contribution in [3.05, 3.63) is 182 Å². The zero-order valence-corrected chi connectivity index (χ0v) is 28.0. The van der Waals surface area contributed by atoms with Crippen molar-refractivity contribution >= 4 is 34.3 Å². The van der Waals surface area contributed by atoms with Gasteiger partial charge < -0.3 is 4.81 Å². The van der Waals surface area contributed by atoms with Crippen LogP contribution in [0.2, 0.25) is 0 Å². The fourth-order valence-electron chi connectivity index (χ4n) is 7.44. The molecule has 0 amide bonds. The first-order valence-corrected chi connectivity index (χ1v) is 17.3. The third-order valence-corrected chi connectivity index (χ3v) is 9.95. The molecule has 0 N–H and O–H groups in total. The predicted octanol–water partition coefficient (Wildman–Crippen LogP) is 9.32. The summed E-state index contributed by atoms with van der Waals surface area (Å²) in [5, 5.41) is 2.49. The van der Waals surface area contributed by atoms with Gasteiger partial charge in [0.25, 0.3) is 0 Å². The van der Waals surface area contributed by atoms with Gasteiger partial charge in [0.2, 0.25) is 0 Å². The molecule has 0 spiro atoms. The maximum Gasteiger partial charge on any atom is 0.321 e. The number of rotatable bonds is 5. The van der Waals surface area contributed by atoms with Gasteiger partial charge in [0, 0.05) is 52.7 Å². The average molecular weight is 665 g/mol. The second-order valence-corrected chi connectivity index (χ2v) is 13.0. The van der Waals surface area contributed by atoms with Gasteiger partial charge in [-0.3, -0.25) is 9.97 Å². The Balaban J connectivity index is 1.07. The highest BCUT2D eigenvalue weighted by Gasteiger charge is 2.35. The molecule has 5 aromatic carbocycles. The summed E-state index contributed by atoms with van der Waals surface area (Å²) in [7, 11) is 0. The molecule has 242 valence electrons. The van der Waals surface area contributed by atoms with Gasteiger partial charge in [0.1, 0.15) is 0 Å². The van der Waals surface area contributed by atoms with Crippen molar-refractivity contribution in [3.8, 4) is 56.2 Å². The number of benzene rings is 5. The summed E-state index contributed by atoms with van der Waals surface area (Å²) in [5.74, 6) is 4.09. The van der Waals surface area contributed by atoms with Crippen LogP contribution >= 0.6 is 0 Å². The molecule has 0 fully saturated rings. The van der Waals surface area contributed by atoms with Crippen LogP contribution in [0.4, 0.5) is 5.69 Å². The van der Waals surface area contributed by atoms with Crippen molar-refractivity contribution in [3.63, 3.8) is 0 Å². The minimum Gasteiger partial charge on any atom is -0.383 e. The fraction of sp³-hybridized carbons (Fsp3) is 0.